The summed E-state index contributed by atoms with van der Waals surface area (Å²) in [6, 6.07) is 3.71. The molecule has 1 saturated carbocycles. The van der Waals surface area contributed by atoms with Gasteiger partial charge in [0.05, 0.1) is 7.11 Å². The highest BCUT2D eigenvalue weighted by atomic mass is 16.7. The lowest BCUT2D eigenvalue weighted by atomic mass is 9.48. The standard InChI is InChI=1S/C22H28O6/c1-22(2)16-11-17(22)18(23)10-15(16)7-6-14-8-19(26-5)21(28-13-25-4)20(9-14)27-12-24-3/h6-10,16-17H,11-13H2,1-5H3/b7-6+/t16-,17+/m1/s1. The van der Waals surface area contributed by atoms with E-state index in [9.17, 15) is 4.79 Å². The van der Waals surface area contributed by atoms with E-state index in [-0.39, 0.29) is 30.7 Å². The predicted octanol–water partition coefficient (Wildman–Crippen LogP) is 3.85. The summed E-state index contributed by atoms with van der Waals surface area (Å²) in [4.78, 5) is 12.3. The summed E-state index contributed by atoms with van der Waals surface area (Å²) in [5, 5.41) is 0. The molecule has 0 N–H and O–H groups in total. The van der Waals surface area contributed by atoms with E-state index in [1.807, 2.05) is 24.3 Å². The third-order valence-corrected chi connectivity index (χ3v) is 5.71. The minimum atomic E-state index is 0.0355. The Labute approximate surface area is 166 Å². The Bertz CT molecular complexity index is 792. The zero-order valence-corrected chi connectivity index (χ0v) is 17.1. The fraction of sp³-hybridized carbons (Fsp3) is 0.500. The molecule has 152 valence electrons. The second-order valence-corrected chi connectivity index (χ2v) is 7.69. The molecule has 0 heterocycles. The number of ketones is 1. The number of rotatable bonds is 9. The number of hydrogen-bond acceptors (Lipinski definition) is 6. The molecule has 0 spiro atoms. The highest BCUT2D eigenvalue weighted by Crippen LogP contribution is 2.58. The molecule has 0 saturated heterocycles. The molecular weight excluding hydrogens is 360 g/mol. The first-order valence-corrected chi connectivity index (χ1v) is 9.31. The smallest absolute Gasteiger partial charge is 0.206 e. The lowest BCUT2D eigenvalue weighted by Gasteiger charge is -2.54. The highest BCUT2D eigenvalue weighted by molar-refractivity contribution is 5.96. The van der Waals surface area contributed by atoms with E-state index >= 15 is 0 Å². The SMILES string of the molecule is COCOc1cc(/C=C/C2=CC(=O)[C@@H]3C[C@H]2C3(C)C)cc(OC)c1OCOC. The van der Waals surface area contributed by atoms with Gasteiger partial charge < -0.3 is 23.7 Å². The van der Waals surface area contributed by atoms with Crippen molar-refractivity contribution in [2.24, 2.45) is 17.3 Å². The Balaban J connectivity index is 1.89. The van der Waals surface area contributed by atoms with Crippen LogP contribution in [0.2, 0.25) is 0 Å². The van der Waals surface area contributed by atoms with Gasteiger partial charge in [-0.25, -0.2) is 0 Å². The van der Waals surface area contributed by atoms with Crippen LogP contribution in [0.3, 0.4) is 0 Å². The molecule has 0 amide bonds. The number of carbonyl (C=O) groups excluding carboxylic acids is 1. The summed E-state index contributed by atoms with van der Waals surface area (Å²) >= 11 is 0. The van der Waals surface area contributed by atoms with Crippen LogP contribution >= 0.6 is 0 Å². The van der Waals surface area contributed by atoms with Gasteiger partial charge in [0.2, 0.25) is 5.75 Å². The molecule has 2 bridgehead atoms. The molecule has 28 heavy (non-hydrogen) atoms. The molecule has 2 atom stereocenters. The topological polar surface area (TPSA) is 63.2 Å². The van der Waals surface area contributed by atoms with Crippen molar-refractivity contribution in [1.82, 2.24) is 0 Å². The van der Waals surface area contributed by atoms with Crippen molar-refractivity contribution in [3.05, 3.63) is 35.4 Å². The van der Waals surface area contributed by atoms with Crippen LogP contribution in [0.4, 0.5) is 0 Å². The monoisotopic (exact) mass is 388 g/mol. The maximum absolute atomic E-state index is 12.3. The van der Waals surface area contributed by atoms with Crippen LogP contribution in [0, 0.1) is 17.3 Å². The van der Waals surface area contributed by atoms with E-state index in [2.05, 4.69) is 13.8 Å². The first-order chi connectivity index (χ1) is 13.4. The van der Waals surface area contributed by atoms with Gasteiger partial charge >= 0.3 is 0 Å². The van der Waals surface area contributed by atoms with Gasteiger partial charge in [0.25, 0.3) is 0 Å². The van der Waals surface area contributed by atoms with E-state index in [4.69, 9.17) is 23.7 Å². The van der Waals surface area contributed by atoms with E-state index in [1.165, 1.54) is 0 Å². The predicted molar refractivity (Wildman–Crippen MR) is 106 cm³/mol. The van der Waals surface area contributed by atoms with Crippen LogP contribution in [0.25, 0.3) is 6.08 Å². The summed E-state index contributed by atoms with van der Waals surface area (Å²) in [7, 11) is 4.67. The Morgan fingerprint density at radius 2 is 1.68 bits per heavy atom. The summed E-state index contributed by atoms with van der Waals surface area (Å²) < 4.78 is 26.7. The molecule has 0 radical (unpaired) electrons. The number of methoxy groups -OCH3 is 3. The van der Waals surface area contributed by atoms with Crippen molar-refractivity contribution in [2.75, 3.05) is 34.9 Å². The molecule has 6 heteroatoms. The molecule has 1 fully saturated rings. The van der Waals surface area contributed by atoms with Crippen molar-refractivity contribution in [2.45, 2.75) is 20.3 Å². The van der Waals surface area contributed by atoms with E-state index in [0.717, 1.165) is 17.6 Å². The summed E-state index contributed by atoms with van der Waals surface area (Å²) in [5.41, 5.74) is 1.99. The highest BCUT2D eigenvalue weighted by Gasteiger charge is 2.54. The number of fused-ring (bicyclic) bond motifs is 1. The first-order valence-electron chi connectivity index (χ1n) is 9.31. The van der Waals surface area contributed by atoms with Gasteiger partial charge in [-0.05, 0) is 47.1 Å². The van der Waals surface area contributed by atoms with Crippen LogP contribution < -0.4 is 14.2 Å². The third kappa shape index (κ3) is 3.80. The minimum Gasteiger partial charge on any atom is -0.493 e. The lowest BCUT2D eigenvalue weighted by molar-refractivity contribution is -0.133. The number of carbonyl (C=O) groups is 1. The molecule has 3 aliphatic carbocycles. The van der Waals surface area contributed by atoms with Crippen LogP contribution in [-0.4, -0.2) is 40.7 Å². The number of benzene rings is 1. The van der Waals surface area contributed by atoms with Gasteiger partial charge in [-0.15, -0.1) is 0 Å². The molecular formula is C22H28O6. The molecule has 0 aliphatic heterocycles. The normalized spacial score (nSPS) is 22.6. The van der Waals surface area contributed by atoms with Crippen LogP contribution in [0.5, 0.6) is 17.2 Å². The van der Waals surface area contributed by atoms with Crippen molar-refractivity contribution >= 4 is 11.9 Å². The first kappa shape index (κ1) is 20.4. The lowest BCUT2D eigenvalue weighted by Crippen LogP contribution is -2.52. The average molecular weight is 388 g/mol. The quantitative estimate of drug-likeness (QED) is 0.599. The number of allylic oxidation sites excluding steroid dienone is 3. The van der Waals surface area contributed by atoms with Gasteiger partial charge in [0.15, 0.2) is 30.9 Å². The largest absolute Gasteiger partial charge is 0.493 e. The Morgan fingerprint density at radius 3 is 2.29 bits per heavy atom. The average Bonchev–Trinajstić information content (AvgIpc) is 2.68. The second-order valence-electron chi connectivity index (χ2n) is 7.69. The number of ether oxygens (including phenoxy) is 5. The Morgan fingerprint density at radius 1 is 1.00 bits per heavy atom. The molecule has 6 nitrogen and oxygen atoms in total. The minimum absolute atomic E-state index is 0.0355. The molecule has 1 aromatic rings. The zero-order chi connectivity index (χ0) is 20.3. The van der Waals surface area contributed by atoms with E-state index in [1.54, 1.807) is 27.4 Å². The van der Waals surface area contributed by atoms with Gasteiger partial charge in [-0.3, -0.25) is 4.79 Å². The van der Waals surface area contributed by atoms with E-state index in [0.29, 0.717) is 23.2 Å². The molecule has 3 aliphatic rings. The van der Waals surface area contributed by atoms with Crippen molar-refractivity contribution < 1.29 is 28.5 Å². The summed E-state index contributed by atoms with van der Waals surface area (Å²) in [6.45, 7) is 4.50. The maximum Gasteiger partial charge on any atom is 0.206 e. The van der Waals surface area contributed by atoms with Crippen molar-refractivity contribution in [3.8, 4) is 17.2 Å². The summed E-state index contributed by atoms with van der Waals surface area (Å²) in [6.07, 6.45) is 6.72. The van der Waals surface area contributed by atoms with Gasteiger partial charge in [0.1, 0.15) is 0 Å². The van der Waals surface area contributed by atoms with Crippen LogP contribution in [0.15, 0.2) is 29.9 Å². The molecule has 0 unspecified atom stereocenters. The van der Waals surface area contributed by atoms with Gasteiger partial charge in [0, 0.05) is 20.1 Å². The second kappa shape index (κ2) is 8.37. The molecule has 0 aromatic heterocycles. The van der Waals surface area contributed by atoms with Crippen molar-refractivity contribution in [1.29, 1.82) is 0 Å². The fourth-order valence-corrected chi connectivity index (χ4v) is 4.03. The summed E-state index contributed by atoms with van der Waals surface area (Å²) in [5.74, 6) is 2.30. The van der Waals surface area contributed by atoms with Crippen LogP contribution in [0.1, 0.15) is 25.8 Å². The van der Waals surface area contributed by atoms with Gasteiger partial charge in [-0.2, -0.15) is 0 Å². The Kier molecular flexibility index (Phi) is 6.10. The van der Waals surface area contributed by atoms with Crippen molar-refractivity contribution in [3.63, 3.8) is 0 Å². The number of hydrogen-bond donors (Lipinski definition) is 0. The fourth-order valence-electron chi connectivity index (χ4n) is 4.03. The molecule has 1 aromatic carbocycles. The Hall–Kier alpha value is -2.31. The van der Waals surface area contributed by atoms with E-state index < -0.39 is 0 Å². The zero-order valence-electron chi connectivity index (χ0n) is 17.1. The van der Waals surface area contributed by atoms with Gasteiger partial charge in [-0.1, -0.05) is 26.0 Å². The van der Waals surface area contributed by atoms with Crippen LogP contribution in [-0.2, 0) is 14.3 Å². The maximum atomic E-state index is 12.3. The molecule has 4 rings (SSSR count). The third-order valence-electron chi connectivity index (χ3n) is 5.71.